The molecule has 0 unspecified atom stereocenters. The molecule has 2 aromatic heterocycles. The van der Waals surface area contributed by atoms with Gasteiger partial charge < -0.3 is 5.11 Å². The summed E-state index contributed by atoms with van der Waals surface area (Å²) in [4.78, 5) is 8.58. The molecule has 1 aromatic carbocycles. The first-order valence-electron chi connectivity index (χ1n) is 5.51. The summed E-state index contributed by atoms with van der Waals surface area (Å²) in [5.74, 6) is 0.0470. The Morgan fingerprint density at radius 2 is 1.65 bits per heavy atom. The molecule has 0 atom stereocenters. The summed E-state index contributed by atoms with van der Waals surface area (Å²) in [6, 6.07) is 7.74. The number of pyridine rings is 2. The second kappa shape index (κ2) is 3.42. The fourth-order valence-electron chi connectivity index (χ4n) is 2.19. The third kappa shape index (κ3) is 1.43. The highest BCUT2D eigenvalue weighted by Gasteiger charge is 2.08. The number of hydrogen-bond acceptors (Lipinski definition) is 3. The molecular weight excluding hydrogens is 212 g/mol. The second-order valence-corrected chi connectivity index (χ2v) is 4.28. The summed E-state index contributed by atoms with van der Waals surface area (Å²) >= 11 is 0. The minimum atomic E-state index is 0.0470. The summed E-state index contributed by atoms with van der Waals surface area (Å²) in [5, 5.41) is 11.7. The molecule has 0 fully saturated rings. The molecule has 0 amide bonds. The van der Waals surface area contributed by atoms with Crippen molar-refractivity contribution in [2.45, 2.75) is 13.8 Å². The molecule has 3 heteroatoms. The standard InChI is InChI=1S/C14H12N2O/c1-8-5-6-15-13-10(8)3-4-11-9(2)7-12(17)16-14(11)13/h3-7H,1-2H3,(H,16,17). The number of fused-ring (bicyclic) bond motifs is 3. The van der Waals surface area contributed by atoms with Crippen LogP contribution in [0, 0.1) is 13.8 Å². The summed E-state index contributed by atoms with van der Waals surface area (Å²) in [6.45, 7) is 4.01. The largest absolute Gasteiger partial charge is 0.493 e. The Balaban J connectivity index is 2.60. The first-order valence-corrected chi connectivity index (χ1v) is 5.51. The number of nitrogens with zero attached hydrogens (tertiary/aromatic N) is 2. The molecule has 3 rings (SSSR count). The van der Waals surface area contributed by atoms with Crippen molar-refractivity contribution in [3.63, 3.8) is 0 Å². The van der Waals surface area contributed by atoms with Gasteiger partial charge in [0.25, 0.3) is 0 Å². The van der Waals surface area contributed by atoms with Crippen LogP contribution in [0.4, 0.5) is 0 Å². The van der Waals surface area contributed by atoms with Crippen molar-refractivity contribution < 1.29 is 5.11 Å². The van der Waals surface area contributed by atoms with Gasteiger partial charge >= 0.3 is 0 Å². The van der Waals surface area contributed by atoms with E-state index in [1.807, 2.05) is 26.0 Å². The maximum absolute atomic E-state index is 9.60. The minimum Gasteiger partial charge on any atom is -0.493 e. The Hall–Kier alpha value is -2.16. The zero-order chi connectivity index (χ0) is 12.0. The van der Waals surface area contributed by atoms with E-state index in [-0.39, 0.29) is 5.88 Å². The molecule has 0 bridgehead atoms. The molecule has 84 valence electrons. The van der Waals surface area contributed by atoms with Crippen LogP contribution in [0.1, 0.15) is 11.1 Å². The average molecular weight is 224 g/mol. The molecule has 2 heterocycles. The van der Waals surface area contributed by atoms with Crippen LogP contribution in [0.5, 0.6) is 5.88 Å². The van der Waals surface area contributed by atoms with E-state index in [9.17, 15) is 5.11 Å². The van der Waals surface area contributed by atoms with E-state index in [0.717, 1.165) is 27.4 Å². The van der Waals surface area contributed by atoms with E-state index >= 15 is 0 Å². The molecule has 0 aliphatic rings. The van der Waals surface area contributed by atoms with Gasteiger partial charge in [-0.15, -0.1) is 0 Å². The molecule has 0 aliphatic heterocycles. The molecule has 0 spiro atoms. The molecule has 1 N–H and O–H groups in total. The average Bonchev–Trinajstić information content (AvgIpc) is 2.29. The molecule has 0 saturated carbocycles. The van der Waals surface area contributed by atoms with E-state index in [4.69, 9.17) is 0 Å². The quantitative estimate of drug-likeness (QED) is 0.597. The minimum absolute atomic E-state index is 0.0470. The van der Waals surface area contributed by atoms with Crippen LogP contribution in [0.25, 0.3) is 21.8 Å². The normalized spacial score (nSPS) is 11.2. The van der Waals surface area contributed by atoms with E-state index in [2.05, 4.69) is 16.0 Å². The first kappa shape index (κ1) is 10.0. The lowest BCUT2D eigenvalue weighted by atomic mass is 10.0. The lowest BCUT2D eigenvalue weighted by Crippen LogP contribution is -1.89. The topological polar surface area (TPSA) is 46.0 Å². The maximum Gasteiger partial charge on any atom is 0.211 e. The van der Waals surface area contributed by atoms with E-state index < -0.39 is 0 Å². The van der Waals surface area contributed by atoms with Crippen molar-refractivity contribution in [3.05, 3.63) is 41.6 Å². The molecule has 0 radical (unpaired) electrons. The Morgan fingerprint density at radius 1 is 0.941 bits per heavy atom. The van der Waals surface area contributed by atoms with Crippen LogP contribution in [-0.4, -0.2) is 15.1 Å². The lowest BCUT2D eigenvalue weighted by Gasteiger charge is -2.07. The van der Waals surface area contributed by atoms with Crippen LogP contribution in [0.2, 0.25) is 0 Å². The second-order valence-electron chi connectivity index (χ2n) is 4.28. The van der Waals surface area contributed by atoms with Crippen molar-refractivity contribution in [1.82, 2.24) is 9.97 Å². The smallest absolute Gasteiger partial charge is 0.211 e. The van der Waals surface area contributed by atoms with Crippen LogP contribution in [0.3, 0.4) is 0 Å². The van der Waals surface area contributed by atoms with E-state index in [1.54, 1.807) is 12.3 Å². The van der Waals surface area contributed by atoms with Crippen LogP contribution >= 0.6 is 0 Å². The van der Waals surface area contributed by atoms with Gasteiger partial charge in [-0.2, -0.15) is 0 Å². The third-order valence-electron chi connectivity index (χ3n) is 3.10. The van der Waals surface area contributed by atoms with Crippen LogP contribution in [0.15, 0.2) is 30.5 Å². The van der Waals surface area contributed by atoms with Gasteiger partial charge in [0.1, 0.15) is 5.52 Å². The number of hydrogen-bond donors (Lipinski definition) is 1. The van der Waals surface area contributed by atoms with Gasteiger partial charge in [0.2, 0.25) is 5.88 Å². The predicted octanol–water partition coefficient (Wildman–Crippen LogP) is 3.11. The number of aryl methyl sites for hydroxylation is 2. The van der Waals surface area contributed by atoms with E-state index in [1.165, 1.54) is 5.56 Å². The van der Waals surface area contributed by atoms with Gasteiger partial charge in [0.05, 0.1) is 5.52 Å². The van der Waals surface area contributed by atoms with Crippen molar-refractivity contribution in [2.24, 2.45) is 0 Å². The summed E-state index contributed by atoms with van der Waals surface area (Å²) in [6.07, 6.45) is 1.78. The van der Waals surface area contributed by atoms with Gasteiger partial charge in [-0.1, -0.05) is 12.1 Å². The van der Waals surface area contributed by atoms with Gasteiger partial charge in [-0.05, 0) is 31.0 Å². The fourth-order valence-corrected chi connectivity index (χ4v) is 2.19. The van der Waals surface area contributed by atoms with Gasteiger partial charge in [0, 0.05) is 23.0 Å². The number of aromatic hydroxyl groups is 1. The molecule has 3 nitrogen and oxygen atoms in total. The Morgan fingerprint density at radius 3 is 2.41 bits per heavy atom. The highest BCUT2D eigenvalue weighted by Crippen LogP contribution is 2.28. The van der Waals surface area contributed by atoms with Gasteiger partial charge in [-0.3, -0.25) is 4.98 Å². The lowest BCUT2D eigenvalue weighted by molar-refractivity contribution is 0.455. The molecule has 3 aromatic rings. The Labute approximate surface area is 98.8 Å². The highest BCUT2D eigenvalue weighted by atomic mass is 16.3. The van der Waals surface area contributed by atoms with Crippen molar-refractivity contribution in [2.75, 3.05) is 0 Å². The monoisotopic (exact) mass is 224 g/mol. The van der Waals surface area contributed by atoms with Crippen molar-refractivity contribution >= 4 is 21.8 Å². The third-order valence-corrected chi connectivity index (χ3v) is 3.10. The fraction of sp³-hybridized carbons (Fsp3) is 0.143. The zero-order valence-electron chi connectivity index (χ0n) is 9.73. The Kier molecular flexibility index (Phi) is 2.01. The molecule has 0 saturated heterocycles. The highest BCUT2D eigenvalue weighted by molar-refractivity contribution is 6.04. The predicted molar refractivity (Wildman–Crippen MR) is 68.2 cm³/mol. The summed E-state index contributed by atoms with van der Waals surface area (Å²) < 4.78 is 0. The SMILES string of the molecule is Cc1ccnc2c1ccc1c(C)cc(O)nc12. The summed E-state index contributed by atoms with van der Waals surface area (Å²) in [7, 11) is 0. The molecule has 0 aliphatic carbocycles. The summed E-state index contributed by atoms with van der Waals surface area (Å²) in [5.41, 5.74) is 3.79. The maximum atomic E-state index is 9.60. The zero-order valence-corrected chi connectivity index (χ0v) is 9.73. The van der Waals surface area contributed by atoms with Crippen molar-refractivity contribution in [3.8, 4) is 5.88 Å². The number of benzene rings is 1. The molecular formula is C14H12N2O. The number of aromatic nitrogens is 2. The first-order chi connectivity index (χ1) is 8.16. The molecule has 17 heavy (non-hydrogen) atoms. The Bertz CT molecular complexity index is 735. The van der Waals surface area contributed by atoms with Crippen LogP contribution in [-0.2, 0) is 0 Å². The van der Waals surface area contributed by atoms with Crippen molar-refractivity contribution in [1.29, 1.82) is 0 Å². The van der Waals surface area contributed by atoms with Crippen LogP contribution < -0.4 is 0 Å². The van der Waals surface area contributed by atoms with Gasteiger partial charge in [0.15, 0.2) is 0 Å². The number of rotatable bonds is 0. The van der Waals surface area contributed by atoms with E-state index in [0.29, 0.717) is 0 Å². The van der Waals surface area contributed by atoms with Gasteiger partial charge in [-0.25, -0.2) is 4.98 Å².